The van der Waals surface area contributed by atoms with Gasteiger partial charge in [0.05, 0.1) is 22.3 Å². The van der Waals surface area contributed by atoms with E-state index in [0.717, 1.165) is 15.4 Å². The van der Waals surface area contributed by atoms with Crippen molar-refractivity contribution in [3.63, 3.8) is 0 Å². The molecule has 0 radical (unpaired) electrons. The van der Waals surface area contributed by atoms with Crippen molar-refractivity contribution in [3.8, 4) is 0 Å². The van der Waals surface area contributed by atoms with E-state index in [1.165, 1.54) is 24.3 Å². The number of carbonyl (C=O) groups is 1. The van der Waals surface area contributed by atoms with E-state index < -0.39 is 15.9 Å². The van der Waals surface area contributed by atoms with Crippen molar-refractivity contribution in [3.05, 3.63) is 100 Å². The van der Waals surface area contributed by atoms with E-state index in [2.05, 4.69) is 11.9 Å². The fourth-order valence-electron chi connectivity index (χ4n) is 3.08. The Morgan fingerprint density at radius 3 is 2.38 bits per heavy atom. The zero-order valence-electron chi connectivity index (χ0n) is 17.6. The van der Waals surface area contributed by atoms with Crippen LogP contribution in [-0.2, 0) is 10.0 Å². The number of para-hydroxylation sites is 1. The molecule has 3 aromatic carbocycles. The predicted molar refractivity (Wildman–Crippen MR) is 132 cm³/mol. The molecule has 1 amide bonds. The summed E-state index contributed by atoms with van der Waals surface area (Å²) >= 11 is 12.5. The van der Waals surface area contributed by atoms with E-state index in [1.807, 2.05) is 26.0 Å². The largest absolute Gasteiger partial charge is 0.322 e. The van der Waals surface area contributed by atoms with E-state index in [0.29, 0.717) is 5.69 Å². The van der Waals surface area contributed by atoms with E-state index >= 15 is 0 Å². The summed E-state index contributed by atoms with van der Waals surface area (Å²) in [6.07, 6.45) is 1.45. The van der Waals surface area contributed by atoms with Crippen molar-refractivity contribution in [2.75, 3.05) is 16.2 Å². The van der Waals surface area contributed by atoms with Gasteiger partial charge in [0, 0.05) is 11.3 Å². The molecule has 3 rings (SSSR count). The lowest BCUT2D eigenvalue weighted by molar-refractivity contribution is 0.102. The van der Waals surface area contributed by atoms with E-state index in [9.17, 15) is 13.2 Å². The molecule has 0 heterocycles. The Bertz CT molecular complexity index is 1290. The monoisotopic (exact) mass is 488 g/mol. The fraction of sp³-hybridized carbons (Fsp3) is 0.125. The SMILES string of the molecule is C=CCN(c1ccccc1Cl)S(=O)(=O)c1cc(C(=O)Nc2ccc(C)c(C)c2)ccc1Cl. The predicted octanol–water partition coefficient (Wildman–Crippen LogP) is 6.24. The summed E-state index contributed by atoms with van der Waals surface area (Å²) in [5.41, 5.74) is 3.19. The molecule has 0 saturated heterocycles. The molecular formula is C24H22Cl2N2O3S. The second kappa shape index (κ2) is 9.77. The first-order valence-corrected chi connectivity index (χ1v) is 11.9. The molecule has 0 aliphatic carbocycles. The normalized spacial score (nSPS) is 11.1. The molecular weight excluding hydrogens is 467 g/mol. The number of rotatable bonds is 7. The first kappa shape index (κ1) is 23.9. The minimum Gasteiger partial charge on any atom is -0.322 e. The molecule has 166 valence electrons. The quantitative estimate of drug-likeness (QED) is 0.400. The zero-order valence-corrected chi connectivity index (χ0v) is 19.9. The van der Waals surface area contributed by atoms with Crippen molar-refractivity contribution < 1.29 is 13.2 Å². The maximum absolute atomic E-state index is 13.5. The molecule has 0 aliphatic heterocycles. The summed E-state index contributed by atoms with van der Waals surface area (Å²) in [4.78, 5) is 12.6. The zero-order chi connectivity index (χ0) is 23.5. The number of carbonyl (C=O) groups excluding carboxylic acids is 1. The summed E-state index contributed by atoms with van der Waals surface area (Å²) in [6, 6.07) is 16.2. The van der Waals surface area contributed by atoms with Crippen LogP contribution in [0.15, 0.2) is 78.2 Å². The van der Waals surface area contributed by atoms with Gasteiger partial charge in [0.15, 0.2) is 0 Å². The van der Waals surface area contributed by atoms with Crippen LogP contribution in [0.1, 0.15) is 21.5 Å². The van der Waals surface area contributed by atoms with Crippen LogP contribution in [0.4, 0.5) is 11.4 Å². The van der Waals surface area contributed by atoms with Crippen molar-refractivity contribution in [1.82, 2.24) is 0 Å². The van der Waals surface area contributed by atoms with Crippen molar-refractivity contribution >= 4 is 50.5 Å². The van der Waals surface area contributed by atoms with Gasteiger partial charge in [-0.15, -0.1) is 6.58 Å². The third-order valence-corrected chi connectivity index (χ3v) is 7.52. The topological polar surface area (TPSA) is 66.5 Å². The Morgan fingerprint density at radius 2 is 1.72 bits per heavy atom. The van der Waals surface area contributed by atoms with Crippen molar-refractivity contribution in [2.45, 2.75) is 18.7 Å². The highest BCUT2D eigenvalue weighted by atomic mass is 35.5. The van der Waals surface area contributed by atoms with Crippen LogP contribution < -0.4 is 9.62 Å². The molecule has 0 saturated carbocycles. The van der Waals surface area contributed by atoms with Gasteiger partial charge in [-0.1, -0.05) is 47.5 Å². The Balaban J connectivity index is 2.00. The van der Waals surface area contributed by atoms with Gasteiger partial charge in [-0.3, -0.25) is 9.10 Å². The van der Waals surface area contributed by atoms with Gasteiger partial charge >= 0.3 is 0 Å². The van der Waals surface area contributed by atoms with Crippen LogP contribution in [0.2, 0.25) is 10.0 Å². The summed E-state index contributed by atoms with van der Waals surface area (Å²) in [6.45, 7) is 7.54. The number of anilines is 2. The number of halogens is 2. The third kappa shape index (κ3) is 4.99. The first-order chi connectivity index (χ1) is 15.1. The molecule has 0 aliphatic rings. The van der Waals surface area contributed by atoms with Gasteiger partial charge in [-0.25, -0.2) is 8.42 Å². The average Bonchev–Trinajstić information content (AvgIpc) is 2.75. The minimum absolute atomic E-state index is 0.00570. The van der Waals surface area contributed by atoms with E-state index in [-0.39, 0.29) is 32.7 Å². The molecule has 5 nitrogen and oxygen atoms in total. The second-order valence-corrected chi connectivity index (χ2v) is 9.82. The van der Waals surface area contributed by atoms with Gasteiger partial charge in [0.1, 0.15) is 4.90 Å². The third-order valence-electron chi connectivity index (χ3n) is 4.94. The summed E-state index contributed by atoms with van der Waals surface area (Å²) in [5, 5.41) is 3.05. The Kier molecular flexibility index (Phi) is 7.29. The molecule has 0 bridgehead atoms. The van der Waals surface area contributed by atoms with Gasteiger partial charge in [0.2, 0.25) is 0 Å². The summed E-state index contributed by atoms with van der Waals surface area (Å²) in [7, 11) is -4.14. The highest BCUT2D eigenvalue weighted by Gasteiger charge is 2.28. The molecule has 32 heavy (non-hydrogen) atoms. The van der Waals surface area contributed by atoms with Crippen molar-refractivity contribution in [2.24, 2.45) is 0 Å². The number of amides is 1. The number of nitrogens with one attached hydrogen (secondary N) is 1. The highest BCUT2D eigenvalue weighted by Crippen LogP contribution is 2.33. The van der Waals surface area contributed by atoms with Crippen LogP contribution in [0.3, 0.4) is 0 Å². The van der Waals surface area contributed by atoms with Gasteiger partial charge in [-0.05, 0) is 67.4 Å². The molecule has 3 aromatic rings. The van der Waals surface area contributed by atoms with E-state index in [4.69, 9.17) is 23.2 Å². The van der Waals surface area contributed by atoms with E-state index in [1.54, 1.807) is 30.3 Å². The molecule has 0 unspecified atom stereocenters. The van der Waals surface area contributed by atoms with Gasteiger partial charge in [-0.2, -0.15) is 0 Å². The minimum atomic E-state index is -4.14. The number of aryl methyl sites for hydroxylation is 2. The molecule has 0 spiro atoms. The maximum atomic E-state index is 13.5. The molecule has 0 atom stereocenters. The smallest absolute Gasteiger partial charge is 0.266 e. The first-order valence-electron chi connectivity index (χ1n) is 9.71. The summed E-state index contributed by atoms with van der Waals surface area (Å²) < 4.78 is 28.1. The summed E-state index contributed by atoms with van der Waals surface area (Å²) in [5.74, 6) is -0.450. The number of benzene rings is 3. The van der Waals surface area contributed by atoms with Crippen LogP contribution in [0.25, 0.3) is 0 Å². The average molecular weight is 489 g/mol. The number of hydrogen-bond acceptors (Lipinski definition) is 3. The van der Waals surface area contributed by atoms with Crippen LogP contribution in [0, 0.1) is 13.8 Å². The highest BCUT2D eigenvalue weighted by molar-refractivity contribution is 7.93. The Labute approximate surface area is 198 Å². The van der Waals surface area contributed by atoms with Crippen LogP contribution >= 0.6 is 23.2 Å². The molecule has 8 heteroatoms. The number of sulfonamides is 1. The lowest BCUT2D eigenvalue weighted by atomic mass is 10.1. The van der Waals surface area contributed by atoms with Gasteiger partial charge in [0.25, 0.3) is 15.9 Å². The number of nitrogens with zero attached hydrogens (tertiary/aromatic N) is 1. The molecule has 0 fully saturated rings. The lowest BCUT2D eigenvalue weighted by Crippen LogP contribution is -2.32. The molecule has 0 aromatic heterocycles. The second-order valence-electron chi connectivity index (χ2n) is 7.17. The standard InChI is InChI=1S/C24H22Cl2N2O3S/c1-4-13-28(22-8-6-5-7-20(22)25)32(30,31)23-15-18(10-12-21(23)26)24(29)27-19-11-9-16(2)17(3)14-19/h4-12,14-15H,1,13H2,2-3H3,(H,27,29). The fourth-order valence-corrected chi connectivity index (χ4v) is 5.33. The maximum Gasteiger partial charge on any atom is 0.266 e. The lowest BCUT2D eigenvalue weighted by Gasteiger charge is -2.24. The number of hydrogen-bond donors (Lipinski definition) is 1. The molecule has 1 N–H and O–H groups in total. The van der Waals surface area contributed by atoms with Gasteiger partial charge < -0.3 is 5.32 Å². The van der Waals surface area contributed by atoms with Crippen LogP contribution in [0.5, 0.6) is 0 Å². The Morgan fingerprint density at radius 1 is 1.00 bits per heavy atom. The Hall–Kier alpha value is -2.80. The van der Waals surface area contributed by atoms with Crippen molar-refractivity contribution in [1.29, 1.82) is 0 Å². The van der Waals surface area contributed by atoms with Crippen LogP contribution in [-0.4, -0.2) is 20.9 Å².